The van der Waals surface area contributed by atoms with Crippen LogP contribution in [0.3, 0.4) is 0 Å². The van der Waals surface area contributed by atoms with E-state index >= 15 is 0 Å². The van der Waals surface area contributed by atoms with E-state index in [0.717, 1.165) is 0 Å². The molecule has 0 heterocycles. The second kappa shape index (κ2) is 4.12. The Hall–Kier alpha value is -0.570. The van der Waals surface area contributed by atoms with Crippen molar-refractivity contribution in [2.75, 3.05) is 6.54 Å². The summed E-state index contributed by atoms with van der Waals surface area (Å²) in [4.78, 5) is 12.0. The first kappa shape index (κ1) is 14.4. The SMILES string of the molecule is CC(C)(C)CNC(=O)C(C)(C)C(C)(C)N. The van der Waals surface area contributed by atoms with Crippen LogP contribution in [0.2, 0.25) is 0 Å². The lowest BCUT2D eigenvalue weighted by molar-refractivity contribution is -0.132. The van der Waals surface area contributed by atoms with Gasteiger partial charge in [0, 0.05) is 12.1 Å². The van der Waals surface area contributed by atoms with E-state index in [0.29, 0.717) is 6.54 Å². The fourth-order valence-corrected chi connectivity index (χ4v) is 0.859. The third-order valence-electron chi connectivity index (χ3n) is 2.96. The normalized spacial score (nSPS) is 13.9. The molecule has 0 aliphatic carbocycles. The Morgan fingerprint density at radius 2 is 1.47 bits per heavy atom. The smallest absolute Gasteiger partial charge is 0.227 e. The Bertz CT molecular complexity index is 231. The zero-order chi connectivity index (χ0) is 12.5. The van der Waals surface area contributed by atoms with Crippen LogP contribution < -0.4 is 11.1 Å². The molecule has 0 aliphatic rings. The first-order valence-electron chi connectivity index (χ1n) is 5.45. The Kier molecular flexibility index (Phi) is 3.97. The molecular weight excluding hydrogens is 188 g/mol. The number of carbonyl (C=O) groups excluding carboxylic acids is 1. The first-order chi connectivity index (χ1) is 6.38. The molecular formula is C12H26N2O. The third kappa shape index (κ3) is 4.20. The van der Waals surface area contributed by atoms with Gasteiger partial charge in [-0.05, 0) is 33.1 Å². The highest BCUT2D eigenvalue weighted by molar-refractivity contribution is 5.83. The number of hydrogen-bond donors (Lipinski definition) is 2. The average molecular weight is 214 g/mol. The van der Waals surface area contributed by atoms with Crippen LogP contribution in [-0.2, 0) is 4.79 Å². The number of nitrogens with two attached hydrogens (primary N) is 1. The van der Waals surface area contributed by atoms with Gasteiger partial charge in [-0.2, -0.15) is 0 Å². The maximum atomic E-state index is 12.0. The molecule has 3 N–H and O–H groups in total. The van der Waals surface area contributed by atoms with Crippen molar-refractivity contribution in [3.05, 3.63) is 0 Å². The minimum absolute atomic E-state index is 0.0184. The van der Waals surface area contributed by atoms with Gasteiger partial charge in [-0.15, -0.1) is 0 Å². The van der Waals surface area contributed by atoms with Crippen molar-refractivity contribution in [2.45, 2.75) is 54.0 Å². The van der Waals surface area contributed by atoms with E-state index in [9.17, 15) is 4.79 Å². The largest absolute Gasteiger partial charge is 0.355 e. The lowest BCUT2D eigenvalue weighted by Crippen LogP contribution is -2.56. The highest BCUT2D eigenvalue weighted by atomic mass is 16.2. The molecule has 0 fully saturated rings. The van der Waals surface area contributed by atoms with Gasteiger partial charge in [0.15, 0.2) is 0 Å². The second-order valence-corrected chi connectivity index (χ2v) is 6.59. The number of nitrogens with one attached hydrogen (secondary N) is 1. The summed E-state index contributed by atoms with van der Waals surface area (Å²) in [5, 5.41) is 2.95. The molecule has 0 aromatic heterocycles. The van der Waals surface area contributed by atoms with Gasteiger partial charge < -0.3 is 11.1 Å². The van der Waals surface area contributed by atoms with Gasteiger partial charge in [0.25, 0.3) is 0 Å². The molecule has 0 rings (SSSR count). The van der Waals surface area contributed by atoms with Crippen LogP contribution >= 0.6 is 0 Å². The maximum absolute atomic E-state index is 12.0. The van der Waals surface area contributed by atoms with Crippen LogP contribution in [0.5, 0.6) is 0 Å². The quantitative estimate of drug-likeness (QED) is 0.754. The van der Waals surface area contributed by atoms with Gasteiger partial charge in [0.2, 0.25) is 5.91 Å². The van der Waals surface area contributed by atoms with Crippen LogP contribution in [0.4, 0.5) is 0 Å². The number of amides is 1. The molecule has 1 amide bonds. The molecule has 0 radical (unpaired) electrons. The van der Waals surface area contributed by atoms with Crippen molar-refractivity contribution < 1.29 is 4.79 Å². The van der Waals surface area contributed by atoms with E-state index < -0.39 is 11.0 Å². The fourth-order valence-electron chi connectivity index (χ4n) is 0.859. The highest BCUT2D eigenvalue weighted by Gasteiger charge is 2.40. The van der Waals surface area contributed by atoms with E-state index in [-0.39, 0.29) is 11.3 Å². The Morgan fingerprint density at radius 3 is 1.73 bits per heavy atom. The molecule has 0 aliphatic heterocycles. The summed E-state index contributed by atoms with van der Waals surface area (Å²) in [7, 11) is 0. The molecule has 0 bridgehead atoms. The van der Waals surface area contributed by atoms with Crippen LogP contribution in [0.15, 0.2) is 0 Å². The monoisotopic (exact) mass is 214 g/mol. The van der Waals surface area contributed by atoms with Gasteiger partial charge in [0.1, 0.15) is 0 Å². The van der Waals surface area contributed by atoms with Gasteiger partial charge >= 0.3 is 0 Å². The standard InChI is InChI=1S/C12H26N2O/c1-10(2,3)8-14-9(15)11(4,5)12(6,7)13/h8,13H2,1-7H3,(H,14,15). The zero-order valence-corrected chi connectivity index (χ0v) is 11.2. The van der Waals surface area contributed by atoms with Crippen molar-refractivity contribution in [2.24, 2.45) is 16.6 Å². The lowest BCUT2D eigenvalue weighted by Gasteiger charge is -2.37. The average Bonchev–Trinajstić information content (AvgIpc) is 1.96. The summed E-state index contributed by atoms with van der Waals surface area (Å²) in [6.07, 6.45) is 0. The molecule has 0 atom stereocenters. The van der Waals surface area contributed by atoms with Crippen LogP contribution in [-0.4, -0.2) is 18.0 Å². The topological polar surface area (TPSA) is 55.1 Å². The van der Waals surface area contributed by atoms with Crippen LogP contribution in [0.1, 0.15) is 48.5 Å². The van der Waals surface area contributed by atoms with Gasteiger partial charge in [0.05, 0.1) is 5.41 Å². The van der Waals surface area contributed by atoms with Gasteiger partial charge in [-0.3, -0.25) is 4.79 Å². The molecule has 0 unspecified atom stereocenters. The lowest BCUT2D eigenvalue weighted by atomic mass is 9.74. The third-order valence-corrected chi connectivity index (χ3v) is 2.96. The number of carbonyl (C=O) groups is 1. The van der Waals surface area contributed by atoms with E-state index in [1.165, 1.54) is 0 Å². The summed E-state index contributed by atoms with van der Waals surface area (Å²) in [5.41, 5.74) is 5.02. The highest BCUT2D eigenvalue weighted by Crippen LogP contribution is 2.28. The summed E-state index contributed by atoms with van der Waals surface area (Å²) in [6.45, 7) is 14.5. The second-order valence-electron chi connectivity index (χ2n) is 6.59. The Labute approximate surface area is 93.8 Å². The maximum Gasteiger partial charge on any atom is 0.227 e. The molecule has 3 nitrogen and oxygen atoms in total. The molecule has 0 aromatic carbocycles. The van der Waals surface area contributed by atoms with Crippen LogP contribution in [0.25, 0.3) is 0 Å². The zero-order valence-electron chi connectivity index (χ0n) is 11.2. The summed E-state index contributed by atoms with van der Waals surface area (Å²) < 4.78 is 0. The molecule has 0 saturated carbocycles. The molecule has 0 saturated heterocycles. The first-order valence-corrected chi connectivity index (χ1v) is 5.45. The molecule has 90 valence electrons. The minimum atomic E-state index is -0.557. The van der Waals surface area contributed by atoms with E-state index in [1.54, 1.807) is 0 Å². The van der Waals surface area contributed by atoms with Crippen molar-refractivity contribution in [1.29, 1.82) is 0 Å². The fraction of sp³-hybridized carbons (Fsp3) is 0.917. The minimum Gasteiger partial charge on any atom is -0.355 e. The predicted octanol–water partition coefficient (Wildman–Crippen LogP) is 1.91. The van der Waals surface area contributed by atoms with Gasteiger partial charge in [-0.25, -0.2) is 0 Å². The summed E-state index contributed by atoms with van der Waals surface area (Å²) in [5.74, 6) is 0.0184. The van der Waals surface area contributed by atoms with E-state index in [2.05, 4.69) is 26.1 Å². The molecule has 15 heavy (non-hydrogen) atoms. The van der Waals surface area contributed by atoms with Crippen molar-refractivity contribution >= 4 is 5.91 Å². The predicted molar refractivity (Wildman–Crippen MR) is 64.5 cm³/mol. The number of hydrogen-bond acceptors (Lipinski definition) is 2. The molecule has 0 aromatic rings. The van der Waals surface area contributed by atoms with E-state index in [4.69, 9.17) is 5.73 Å². The van der Waals surface area contributed by atoms with Gasteiger partial charge in [-0.1, -0.05) is 20.8 Å². The number of rotatable bonds is 3. The molecule has 0 spiro atoms. The van der Waals surface area contributed by atoms with E-state index in [1.807, 2.05) is 27.7 Å². The molecule has 3 heteroatoms. The Morgan fingerprint density at radius 1 is 1.07 bits per heavy atom. The summed E-state index contributed by atoms with van der Waals surface area (Å²) in [6, 6.07) is 0. The van der Waals surface area contributed by atoms with Crippen LogP contribution in [0, 0.1) is 10.8 Å². The van der Waals surface area contributed by atoms with Crippen molar-refractivity contribution in [1.82, 2.24) is 5.32 Å². The van der Waals surface area contributed by atoms with Crippen molar-refractivity contribution in [3.8, 4) is 0 Å². The summed E-state index contributed by atoms with van der Waals surface area (Å²) >= 11 is 0. The van der Waals surface area contributed by atoms with Crippen molar-refractivity contribution in [3.63, 3.8) is 0 Å². The Balaban J connectivity index is 4.47.